The van der Waals surface area contributed by atoms with E-state index in [9.17, 15) is 4.79 Å². The molecule has 2 atom stereocenters. The van der Waals surface area contributed by atoms with E-state index in [-0.39, 0.29) is 11.6 Å². The minimum atomic E-state index is -0.00667. The molecule has 2 saturated heterocycles. The van der Waals surface area contributed by atoms with Gasteiger partial charge in [0.2, 0.25) is 0 Å². The van der Waals surface area contributed by atoms with E-state index in [1.165, 1.54) is 0 Å². The lowest BCUT2D eigenvalue weighted by Crippen LogP contribution is -2.45. The Morgan fingerprint density at radius 3 is 3.30 bits per heavy atom. The first-order valence-corrected chi connectivity index (χ1v) is 4.53. The van der Waals surface area contributed by atoms with Crippen molar-refractivity contribution in [1.29, 1.82) is 0 Å². The van der Waals surface area contributed by atoms with E-state index >= 15 is 0 Å². The summed E-state index contributed by atoms with van der Waals surface area (Å²) in [6.07, 6.45) is 0. The van der Waals surface area contributed by atoms with Crippen molar-refractivity contribution in [2.24, 2.45) is 0 Å². The predicted octanol–water partition coefficient (Wildman–Crippen LogP) is 0.173. The molecule has 0 spiro atoms. The van der Waals surface area contributed by atoms with E-state index in [1.54, 1.807) is 0 Å². The highest BCUT2D eigenvalue weighted by molar-refractivity contribution is 7.99. The van der Waals surface area contributed by atoms with Crippen LogP contribution < -0.4 is 10.6 Å². The van der Waals surface area contributed by atoms with Crippen LogP contribution in [0.4, 0.5) is 4.79 Å². The number of hydrogen-bond donors (Lipinski definition) is 2. The lowest BCUT2D eigenvalue weighted by molar-refractivity contribution is 0.246. The molecular formula is C6H10N2OS. The third-order valence-electron chi connectivity index (χ3n) is 2.16. The summed E-state index contributed by atoms with van der Waals surface area (Å²) in [5.41, 5.74) is 0.0295. The molecule has 0 aromatic heterocycles. The average molecular weight is 158 g/mol. The highest BCUT2D eigenvalue weighted by Crippen LogP contribution is 2.30. The van der Waals surface area contributed by atoms with Crippen molar-refractivity contribution in [2.75, 3.05) is 11.5 Å². The molecule has 3 nitrogen and oxygen atoms in total. The molecule has 2 rings (SSSR count). The summed E-state index contributed by atoms with van der Waals surface area (Å²) in [5.74, 6) is 2.09. The summed E-state index contributed by atoms with van der Waals surface area (Å²) in [7, 11) is 0. The van der Waals surface area contributed by atoms with Gasteiger partial charge >= 0.3 is 6.03 Å². The fourth-order valence-electron chi connectivity index (χ4n) is 1.45. The van der Waals surface area contributed by atoms with Gasteiger partial charge in [-0.1, -0.05) is 0 Å². The van der Waals surface area contributed by atoms with Crippen LogP contribution in [0.3, 0.4) is 0 Å². The number of hydrogen-bond acceptors (Lipinski definition) is 2. The molecule has 10 heavy (non-hydrogen) atoms. The van der Waals surface area contributed by atoms with Crippen LogP contribution in [-0.4, -0.2) is 29.1 Å². The smallest absolute Gasteiger partial charge is 0.315 e. The van der Waals surface area contributed by atoms with Gasteiger partial charge in [-0.2, -0.15) is 11.8 Å². The molecule has 0 saturated carbocycles. The molecule has 4 heteroatoms. The van der Waals surface area contributed by atoms with Gasteiger partial charge in [0.1, 0.15) is 0 Å². The molecule has 0 radical (unpaired) electrons. The second-order valence-corrected chi connectivity index (χ2v) is 4.11. The van der Waals surface area contributed by atoms with Crippen molar-refractivity contribution < 1.29 is 4.79 Å². The molecule has 0 aliphatic carbocycles. The van der Waals surface area contributed by atoms with Gasteiger partial charge in [0.05, 0.1) is 11.6 Å². The van der Waals surface area contributed by atoms with Crippen molar-refractivity contribution >= 4 is 17.8 Å². The molecule has 2 heterocycles. The highest BCUT2D eigenvalue weighted by atomic mass is 32.2. The molecular weight excluding hydrogens is 148 g/mol. The van der Waals surface area contributed by atoms with Gasteiger partial charge in [-0.25, -0.2) is 4.79 Å². The Kier molecular flexibility index (Phi) is 1.15. The number of amides is 2. The fraction of sp³-hybridized carbons (Fsp3) is 0.833. The molecule has 2 fully saturated rings. The first kappa shape index (κ1) is 6.34. The van der Waals surface area contributed by atoms with Crippen molar-refractivity contribution in [1.82, 2.24) is 10.6 Å². The Hall–Kier alpha value is -0.380. The van der Waals surface area contributed by atoms with Crippen molar-refractivity contribution in [2.45, 2.75) is 18.5 Å². The van der Waals surface area contributed by atoms with Crippen molar-refractivity contribution in [3.05, 3.63) is 0 Å². The number of rotatable bonds is 0. The van der Waals surface area contributed by atoms with Crippen LogP contribution in [0.2, 0.25) is 0 Å². The summed E-state index contributed by atoms with van der Waals surface area (Å²) < 4.78 is 0. The Bertz CT molecular complexity index is 185. The summed E-state index contributed by atoms with van der Waals surface area (Å²) in [5, 5.41) is 5.81. The molecule has 2 aliphatic rings. The van der Waals surface area contributed by atoms with Crippen LogP contribution in [0.25, 0.3) is 0 Å². The SMILES string of the molecule is CC12CSC[C@H]1NC(=O)N2. The Morgan fingerprint density at radius 1 is 1.80 bits per heavy atom. The van der Waals surface area contributed by atoms with Crippen LogP contribution in [0.5, 0.6) is 0 Å². The number of carbonyl (C=O) groups excluding carboxylic acids is 1. The number of nitrogens with one attached hydrogen (secondary N) is 2. The van der Waals surface area contributed by atoms with Gasteiger partial charge in [0.25, 0.3) is 0 Å². The molecule has 2 aliphatic heterocycles. The second-order valence-electron chi connectivity index (χ2n) is 3.08. The largest absolute Gasteiger partial charge is 0.332 e. The minimum Gasteiger partial charge on any atom is -0.332 e. The average Bonchev–Trinajstić information content (AvgIpc) is 2.20. The van der Waals surface area contributed by atoms with Gasteiger partial charge < -0.3 is 10.6 Å². The normalized spacial score (nSPS) is 44.5. The summed E-state index contributed by atoms with van der Waals surface area (Å²) in [6, 6.07) is 0.345. The first-order valence-electron chi connectivity index (χ1n) is 3.37. The van der Waals surface area contributed by atoms with Crippen LogP contribution in [0, 0.1) is 0 Å². The van der Waals surface area contributed by atoms with Crippen LogP contribution in [-0.2, 0) is 0 Å². The van der Waals surface area contributed by atoms with E-state index in [1.807, 2.05) is 11.8 Å². The lowest BCUT2D eigenvalue weighted by Gasteiger charge is -2.20. The van der Waals surface area contributed by atoms with Gasteiger partial charge in [0.15, 0.2) is 0 Å². The van der Waals surface area contributed by atoms with E-state index < -0.39 is 0 Å². The number of fused-ring (bicyclic) bond motifs is 1. The van der Waals surface area contributed by atoms with E-state index in [2.05, 4.69) is 17.6 Å². The first-order chi connectivity index (χ1) is 4.71. The maximum absolute atomic E-state index is 10.8. The van der Waals surface area contributed by atoms with Gasteiger partial charge in [-0.05, 0) is 6.92 Å². The lowest BCUT2D eigenvalue weighted by atomic mass is 9.99. The zero-order chi connectivity index (χ0) is 7.19. The van der Waals surface area contributed by atoms with Gasteiger partial charge in [-0.15, -0.1) is 0 Å². The summed E-state index contributed by atoms with van der Waals surface area (Å²) in [6.45, 7) is 2.09. The molecule has 1 unspecified atom stereocenters. The van der Waals surface area contributed by atoms with E-state index in [0.29, 0.717) is 6.04 Å². The fourth-order valence-corrected chi connectivity index (χ4v) is 2.95. The van der Waals surface area contributed by atoms with Crippen molar-refractivity contribution in [3.8, 4) is 0 Å². The maximum atomic E-state index is 10.8. The predicted molar refractivity (Wildman–Crippen MR) is 41.2 cm³/mol. The summed E-state index contributed by atoms with van der Waals surface area (Å²) >= 11 is 1.89. The zero-order valence-corrected chi connectivity index (χ0v) is 6.62. The number of carbonyl (C=O) groups is 1. The topological polar surface area (TPSA) is 41.1 Å². The van der Waals surface area contributed by atoms with Crippen molar-refractivity contribution in [3.63, 3.8) is 0 Å². The molecule has 0 bridgehead atoms. The Balaban J connectivity index is 2.22. The second kappa shape index (κ2) is 1.81. The van der Waals surface area contributed by atoms with Crippen LogP contribution in [0.1, 0.15) is 6.92 Å². The van der Waals surface area contributed by atoms with E-state index in [0.717, 1.165) is 11.5 Å². The highest BCUT2D eigenvalue weighted by Gasteiger charge is 2.46. The van der Waals surface area contributed by atoms with Gasteiger partial charge in [-0.3, -0.25) is 0 Å². The Morgan fingerprint density at radius 2 is 2.60 bits per heavy atom. The minimum absolute atomic E-state index is 0.00667. The molecule has 56 valence electrons. The molecule has 0 aromatic carbocycles. The number of thioether (sulfide) groups is 1. The zero-order valence-electron chi connectivity index (χ0n) is 5.81. The third kappa shape index (κ3) is 0.714. The Labute approximate surface area is 63.9 Å². The quantitative estimate of drug-likeness (QED) is 0.493. The molecule has 2 N–H and O–H groups in total. The van der Waals surface area contributed by atoms with Crippen LogP contribution in [0.15, 0.2) is 0 Å². The molecule has 2 amide bonds. The van der Waals surface area contributed by atoms with Crippen LogP contribution >= 0.6 is 11.8 Å². The standard InChI is InChI=1S/C6H10N2OS/c1-6-3-10-2-4(6)7-5(9)8-6/h4H,2-3H2,1H3,(H2,7,8,9)/t4-,6?/m1/s1. The van der Waals surface area contributed by atoms with E-state index in [4.69, 9.17) is 0 Å². The molecule has 0 aromatic rings. The third-order valence-corrected chi connectivity index (χ3v) is 3.53. The van der Waals surface area contributed by atoms with Gasteiger partial charge in [0, 0.05) is 11.5 Å². The maximum Gasteiger partial charge on any atom is 0.315 e. The summed E-state index contributed by atoms with van der Waals surface area (Å²) in [4.78, 5) is 10.8. The number of urea groups is 1. The monoisotopic (exact) mass is 158 g/mol.